The fraction of sp³-hybridized carbons (Fsp3) is 0.514. The van der Waals surface area contributed by atoms with E-state index in [1.807, 2.05) is 0 Å². The van der Waals surface area contributed by atoms with Crippen LogP contribution in [0.2, 0.25) is 0 Å². The predicted octanol–water partition coefficient (Wildman–Crippen LogP) is 3.62. The zero-order valence-corrected chi connectivity index (χ0v) is 29.9. The first-order valence-corrected chi connectivity index (χ1v) is 16.8. The molecule has 17 nitrogen and oxygen atoms in total. The van der Waals surface area contributed by atoms with E-state index in [4.69, 9.17) is 28.4 Å². The fourth-order valence-electron chi connectivity index (χ4n) is 4.01. The Kier molecular flexibility index (Phi) is 20.1. The van der Waals surface area contributed by atoms with E-state index in [1.165, 1.54) is 6.92 Å². The normalized spacial score (nSPS) is 11.7. The average molecular weight is 731 g/mol. The van der Waals surface area contributed by atoms with Gasteiger partial charge in [-0.25, -0.2) is 24.4 Å². The maximum Gasteiger partial charge on any atom is 0.407 e. The topological polar surface area (TPSA) is 200 Å². The molecule has 0 aromatic carbocycles. The second-order valence-electron chi connectivity index (χ2n) is 11.7. The zero-order chi connectivity index (χ0) is 38.1. The summed E-state index contributed by atoms with van der Waals surface area (Å²) in [7, 11) is 0. The number of carbonyl (C=O) groups is 5. The van der Waals surface area contributed by atoms with E-state index in [0.717, 1.165) is 12.8 Å². The molecule has 0 bridgehead atoms. The van der Waals surface area contributed by atoms with Gasteiger partial charge in [-0.3, -0.25) is 9.59 Å². The van der Waals surface area contributed by atoms with Gasteiger partial charge in [-0.2, -0.15) is 0 Å². The van der Waals surface area contributed by atoms with Crippen LogP contribution in [0.1, 0.15) is 52.4 Å². The van der Waals surface area contributed by atoms with Crippen LogP contribution in [0.5, 0.6) is 0 Å². The second kappa shape index (κ2) is 24.5. The van der Waals surface area contributed by atoms with E-state index >= 15 is 0 Å². The third-order valence-electron chi connectivity index (χ3n) is 6.98. The van der Waals surface area contributed by atoms with Crippen LogP contribution in [0.4, 0.5) is 9.59 Å². The lowest BCUT2D eigenvalue weighted by molar-refractivity contribution is -0.151. The molecule has 52 heavy (non-hydrogen) atoms. The van der Waals surface area contributed by atoms with Crippen LogP contribution in [-0.2, 0) is 55.9 Å². The zero-order valence-electron chi connectivity index (χ0n) is 29.9. The van der Waals surface area contributed by atoms with Crippen molar-refractivity contribution >= 4 is 30.1 Å². The molecule has 2 atom stereocenters. The molecule has 2 N–H and O–H groups in total. The van der Waals surface area contributed by atoms with Crippen LogP contribution in [0.25, 0.3) is 0 Å². The SMILES string of the molecule is C=C(C)C(=C)OCC(COC(=O)CCn1ccnc1)OC(=O)NCCCCCCNC(=O)OC(COC(=O)CCn1ccnc1)COC(=O)C(=C)C. The van der Waals surface area contributed by atoms with Gasteiger partial charge in [0.15, 0.2) is 12.2 Å². The van der Waals surface area contributed by atoms with E-state index in [1.54, 1.807) is 53.5 Å². The Hall–Kier alpha value is -5.61. The number of carbonyl (C=O) groups excluding carboxylic acids is 5. The van der Waals surface area contributed by atoms with E-state index in [2.05, 4.69) is 40.3 Å². The van der Waals surface area contributed by atoms with Gasteiger partial charge >= 0.3 is 30.1 Å². The van der Waals surface area contributed by atoms with Gasteiger partial charge in [0, 0.05) is 56.5 Å². The minimum atomic E-state index is -1.03. The van der Waals surface area contributed by atoms with E-state index in [0.29, 0.717) is 50.4 Å². The molecule has 2 heterocycles. The molecule has 0 fully saturated rings. The summed E-state index contributed by atoms with van der Waals surface area (Å²) in [5.41, 5.74) is 0.776. The molecule has 2 unspecified atom stereocenters. The number of hydrogen-bond acceptors (Lipinski definition) is 13. The number of esters is 3. The molecule has 0 saturated heterocycles. The summed E-state index contributed by atoms with van der Waals surface area (Å²) >= 11 is 0. The smallest absolute Gasteiger partial charge is 0.407 e. The molecular formula is C35H50N6O11. The first-order valence-electron chi connectivity index (χ1n) is 16.8. The molecule has 0 radical (unpaired) electrons. The van der Waals surface area contributed by atoms with Crippen LogP contribution >= 0.6 is 0 Å². The highest BCUT2D eigenvalue weighted by atomic mass is 16.6. The molecule has 0 aliphatic heterocycles. The lowest BCUT2D eigenvalue weighted by atomic mass is 10.2. The number of nitrogens with zero attached hydrogens (tertiary/aromatic N) is 4. The standard InChI is InChI=1S/C35H50N6O11/c1-26(2)28(5)47-20-29(21-48-31(42)10-16-40-18-14-36-24-40)51-34(45)38-12-8-6-7-9-13-39-35(46)52-30(23-50-33(44)27(3)4)22-49-32(43)11-17-41-19-15-37-25-41/h14-15,18-19,24-25,29-30H,1,3,5-13,16-17,20-23H2,2,4H3,(H,38,45)(H,39,46). The Balaban J connectivity index is 1.65. The van der Waals surface area contributed by atoms with Crippen molar-refractivity contribution in [1.82, 2.24) is 29.7 Å². The second-order valence-corrected chi connectivity index (χ2v) is 11.7. The molecule has 0 aliphatic rings. The first kappa shape index (κ1) is 42.6. The Labute approximate surface area is 303 Å². The Morgan fingerprint density at radius 2 is 1.08 bits per heavy atom. The third-order valence-corrected chi connectivity index (χ3v) is 6.98. The van der Waals surface area contributed by atoms with Crippen LogP contribution in [-0.4, -0.2) is 101 Å². The van der Waals surface area contributed by atoms with Gasteiger partial charge in [0.1, 0.15) is 32.2 Å². The van der Waals surface area contributed by atoms with Crippen molar-refractivity contribution in [2.24, 2.45) is 0 Å². The molecule has 2 aromatic heterocycles. The number of ether oxygens (including phenoxy) is 6. The Morgan fingerprint density at radius 3 is 1.48 bits per heavy atom. The number of allylic oxidation sites excluding steroid dienone is 1. The van der Waals surface area contributed by atoms with Crippen molar-refractivity contribution in [3.8, 4) is 0 Å². The molecule has 0 saturated carbocycles. The maximum absolute atomic E-state index is 12.4. The molecule has 2 amide bonds. The van der Waals surface area contributed by atoms with Crippen LogP contribution in [0, 0.1) is 0 Å². The van der Waals surface area contributed by atoms with Crippen molar-refractivity contribution in [1.29, 1.82) is 0 Å². The van der Waals surface area contributed by atoms with E-state index < -0.39 is 42.3 Å². The predicted molar refractivity (Wildman–Crippen MR) is 186 cm³/mol. The Morgan fingerprint density at radius 1 is 0.635 bits per heavy atom. The van der Waals surface area contributed by atoms with Gasteiger partial charge in [-0.1, -0.05) is 32.6 Å². The maximum atomic E-state index is 12.4. The molecule has 286 valence electrons. The summed E-state index contributed by atoms with van der Waals surface area (Å²) in [6.07, 6.45) is 9.38. The fourth-order valence-corrected chi connectivity index (χ4v) is 4.01. The Bertz CT molecular complexity index is 1330. The summed E-state index contributed by atoms with van der Waals surface area (Å²) in [5.74, 6) is -1.33. The number of alkyl carbamates (subject to hydrolysis) is 2. The minimum Gasteiger partial charge on any atom is -0.490 e. The van der Waals surface area contributed by atoms with Gasteiger partial charge in [-0.15, -0.1) is 0 Å². The quantitative estimate of drug-likeness (QED) is 0.0355. The summed E-state index contributed by atoms with van der Waals surface area (Å²) < 4.78 is 35.3. The molecule has 0 spiro atoms. The molecular weight excluding hydrogens is 680 g/mol. The summed E-state index contributed by atoms with van der Waals surface area (Å²) in [6.45, 7) is 14.7. The highest BCUT2D eigenvalue weighted by Gasteiger charge is 2.21. The van der Waals surface area contributed by atoms with E-state index in [9.17, 15) is 24.0 Å². The van der Waals surface area contributed by atoms with Gasteiger partial charge in [-0.05, 0) is 32.3 Å². The number of aryl methyl sites for hydroxylation is 2. The van der Waals surface area contributed by atoms with E-state index in [-0.39, 0.29) is 44.8 Å². The van der Waals surface area contributed by atoms with Crippen molar-refractivity contribution in [3.63, 3.8) is 0 Å². The van der Waals surface area contributed by atoms with Crippen molar-refractivity contribution in [3.05, 3.63) is 74.1 Å². The molecule has 0 aliphatic carbocycles. The summed E-state index contributed by atoms with van der Waals surface area (Å²) in [4.78, 5) is 68.8. The largest absolute Gasteiger partial charge is 0.490 e. The molecule has 2 rings (SSSR count). The number of imidazole rings is 2. The van der Waals surface area contributed by atoms with Crippen molar-refractivity contribution in [2.45, 2.75) is 77.7 Å². The number of amides is 2. The summed E-state index contributed by atoms with van der Waals surface area (Å²) in [6, 6.07) is 0. The molecule has 17 heteroatoms. The number of aromatic nitrogens is 4. The number of nitrogens with one attached hydrogen (secondary N) is 2. The molecule has 2 aromatic rings. The van der Waals surface area contributed by atoms with Gasteiger partial charge < -0.3 is 48.2 Å². The van der Waals surface area contributed by atoms with Crippen LogP contribution in [0.15, 0.2) is 74.1 Å². The number of rotatable bonds is 26. The van der Waals surface area contributed by atoms with Crippen LogP contribution < -0.4 is 10.6 Å². The van der Waals surface area contributed by atoms with Crippen molar-refractivity contribution in [2.75, 3.05) is 39.5 Å². The highest BCUT2D eigenvalue weighted by molar-refractivity contribution is 5.86. The third kappa shape index (κ3) is 19.5. The first-order chi connectivity index (χ1) is 24.9. The minimum absolute atomic E-state index is 0.0744. The van der Waals surface area contributed by atoms with Crippen LogP contribution in [0.3, 0.4) is 0 Å². The lowest BCUT2D eigenvalue weighted by Crippen LogP contribution is -2.36. The lowest BCUT2D eigenvalue weighted by Gasteiger charge is -2.19. The number of hydrogen-bond donors (Lipinski definition) is 2. The van der Waals surface area contributed by atoms with Gasteiger partial charge in [0.05, 0.1) is 25.5 Å². The van der Waals surface area contributed by atoms with Crippen molar-refractivity contribution < 1.29 is 52.4 Å². The number of unbranched alkanes of at least 4 members (excludes halogenated alkanes) is 3. The highest BCUT2D eigenvalue weighted by Crippen LogP contribution is 2.09. The van der Waals surface area contributed by atoms with Gasteiger partial charge in [0.2, 0.25) is 0 Å². The average Bonchev–Trinajstić information content (AvgIpc) is 3.84. The monoisotopic (exact) mass is 730 g/mol. The summed E-state index contributed by atoms with van der Waals surface area (Å²) in [5, 5.41) is 5.29. The van der Waals surface area contributed by atoms with Gasteiger partial charge in [0.25, 0.3) is 0 Å².